The lowest BCUT2D eigenvalue weighted by atomic mass is 9.83. The Labute approximate surface area is 205 Å². The highest BCUT2D eigenvalue weighted by atomic mass is 16.1. The Bertz CT molecular complexity index is 720. The van der Waals surface area contributed by atoms with Gasteiger partial charge in [0.05, 0.1) is 0 Å². The van der Waals surface area contributed by atoms with Gasteiger partial charge in [0.2, 0.25) is 0 Å². The molecule has 0 bridgehead atoms. The van der Waals surface area contributed by atoms with Crippen molar-refractivity contribution in [2.75, 3.05) is 19.6 Å². The van der Waals surface area contributed by atoms with Gasteiger partial charge < -0.3 is 10.2 Å². The van der Waals surface area contributed by atoms with Crippen molar-refractivity contribution in [3.05, 3.63) is 46.5 Å². The van der Waals surface area contributed by atoms with Gasteiger partial charge in [0, 0.05) is 24.7 Å². The van der Waals surface area contributed by atoms with E-state index in [1.54, 1.807) is 0 Å². The molecule has 0 aromatic heterocycles. The van der Waals surface area contributed by atoms with Crippen LogP contribution in [-0.2, 0) is 0 Å². The molecule has 1 saturated carbocycles. The molecule has 3 rings (SSSR count). The van der Waals surface area contributed by atoms with E-state index in [2.05, 4.69) is 56.1 Å². The van der Waals surface area contributed by atoms with Crippen molar-refractivity contribution in [1.29, 1.82) is 0 Å². The Morgan fingerprint density at radius 3 is 2.39 bits per heavy atom. The van der Waals surface area contributed by atoms with E-state index in [1.165, 1.54) is 55.5 Å². The first-order valence-corrected chi connectivity index (χ1v) is 13.8. The van der Waals surface area contributed by atoms with Crippen LogP contribution in [0.25, 0.3) is 0 Å². The molecule has 3 heteroatoms. The summed E-state index contributed by atoms with van der Waals surface area (Å²) in [6.45, 7) is 20.1. The zero-order valence-corrected chi connectivity index (χ0v) is 23.0. The van der Waals surface area contributed by atoms with E-state index < -0.39 is 0 Å². The lowest BCUT2D eigenvalue weighted by Gasteiger charge is -2.38. The summed E-state index contributed by atoms with van der Waals surface area (Å²) in [7, 11) is 0. The van der Waals surface area contributed by atoms with Crippen molar-refractivity contribution in [3.8, 4) is 0 Å². The summed E-state index contributed by atoms with van der Waals surface area (Å²) in [5.41, 5.74) is 4.96. The zero-order valence-electron chi connectivity index (χ0n) is 23.0. The van der Waals surface area contributed by atoms with Crippen molar-refractivity contribution in [1.82, 2.24) is 10.2 Å². The lowest BCUT2D eigenvalue weighted by Crippen LogP contribution is -2.41. The quantitative estimate of drug-likeness (QED) is 0.383. The lowest BCUT2D eigenvalue weighted by molar-refractivity contribution is 0.0954. The molecule has 1 N–H and O–H groups in total. The van der Waals surface area contributed by atoms with Crippen molar-refractivity contribution in [2.45, 2.75) is 112 Å². The van der Waals surface area contributed by atoms with Crippen LogP contribution in [0.3, 0.4) is 0 Å². The second-order valence-electron chi connectivity index (χ2n) is 9.21. The van der Waals surface area contributed by atoms with Crippen LogP contribution in [-0.4, -0.2) is 36.5 Å². The topological polar surface area (TPSA) is 32.3 Å². The van der Waals surface area contributed by atoms with Gasteiger partial charge in [-0.3, -0.25) is 4.79 Å². The second-order valence-corrected chi connectivity index (χ2v) is 9.21. The van der Waals surface area contributed by atoms with Crippen molar-refractivity contribution >= 4 is 5.91 Å². The number of aryl methyl sites for hydroxylation is 1. The minimum absolute atomic E-state index is 0.0671. The molecule has 1 aromatic carbocycles. The summed E-state index contributed by atoms with van der Waals surface area (Å²) in [6, 6.07) is 6.94. The van der Waals surface area contributed by atoms with Crippen LogP contribution >= 0.6 is 0 Å². The second kappa shape index (κ2) is 16.1. The molecule has 3 nitrogen and oxygen atoms in total. The maximum Gasteiger partial charge on any atom is 0.251 e. The third-order valence-corrected chi connectivity index (χ3v) is 6.86. The summed E-state index contributed by atoms with van der Waals surface area (Å²) < 4.78 is 0. The molecule has 2 atom stereocenters. The highest BCUT2D eigenvalue weighted by Crippen LogP contribution is 2.37. The first-order valence-electron chi connectivity index (χ1n) is 13.8. The summed E-state index contributed by atoms with van der Waals surface area (Å²) in [4.78, 5) is 15.4. The van der Waals surface area contributed by atoms with Crippen LogP contribution in [0.2, 0.25) is 0 Å². The van der Waals surface area contributed by atoms with E-state index in [0.717, 1.165) is 37.3 Å². The molecule has 1 amide bonds. The van der Waals surface area contributed by atoms with Gasteiger partial charge >= 0.3 is 0 Å². The number of rotatable bonds is 9. The summed E-state index contributed by atoms with van der Waals surface area (Å²) in [5.74, 6) is 1.60. The molecule has 1 aliphatic heterocycles. The summed E-state index contributed by atoms with van der Waals surface area (Å²) in [5, 5.41) is 3.13. The molecule has 0 radical (unpaired) electrons. The smallest absolute Gasteiger partial charge is 0.251 e. The molecule has 2 aliphatic rings. The third-order valence-electron chi connectivity index (χ3n) is 6.86. The van der Waals surface area contributed by atoms with Gasteiger partial charge in [-0.05, 0) is 100 Å². The summed E-state index contributed by atoms with van der Waals surface area (Å²) in [6.07, 6.45) is 10.6. The van der Waals surface area contributed by atoms with Crippen LogP contribution in [0.15, 0.2) is 29.8 Å². The van der Waals surface area contributed by atoms with Gasteiger partial charge in [-0.1, -0.05) is 59.3 Å². The van der Waals surface area contributed by atoms with E-state index in [1.807, 2.05) is 33.8 Å². The molecule has 1 saturated heterocycles. The number of allylic oxidation sites excluding steroid dienone is 1. The van der Waals surface area contributed by atoms with Crippen LogP contribution in [0.5, 0.6) is 0 Å². The van der Waals surface area contributed by atoms with Gasteiger partial charge in [-0.2, -0.15) is 0 Å². The Balaban J connectivity index is 0.00000129. The summed E-state index contributed by atoms with van der Waals surface area (Å²) >= 11 is 0. The normalized spacial score (nSPS) is 20.8. The maximum atomic E-state index is 12.7. The van der Waals surface area contributed by atoms with E-state index in [-0.39, 0.29) is 5.91 Å². The van der Waals surface area contributed by atoms with Crippen LogP contribution in [0.1, 0.15) is 121 Å². The fourth-order valence-electron chi connectivity index (χ4n) is 4.78. The number of hydrogen-bond donors (Lipinski definition) is 1. The SMILES string of the molecule is CC.CC.CC/C=C(\CC)CCNC(=O)c1ccc(C)c(C2CCN(CC3CC3)C(C)C2)c1. The number of benzene rings is 1. The van der Waals surface area contributed by atoms with Gasteiger partial charge in [0.15, 0.2) is 0 Å². The van der Waals surface area contributed by atoms with Crippen molar-refractivity contribution < 1.29 is 4.79 Å². The number of hydrogen-bond acceptors (Lipinski definition) is 2. The number of amides is 1. The standard InChI is InChI=1S/C26H40N2O.2C2H6/c1-5-7-21(6-2)12-14-27-26(29)24-11-8-19(3)25(17-24)23-13-15-28(20(4)16-23)18-22-9-10-22;2*1-2/h7-8,11,17,20,22-23H,5-6,9-10,12-16,18H2,1-4H3,(H,27,29);2*1-2H3/b21-7+;;. The monoisotopic (exact) mass is 456 g/mol. The molecule has 2 fully saturated rings. The Morgan fingerprint density at radius 2 is 1.82 bits per heavy atom. The Kier molecular flexibility index (Phi) is 14.3. The highest BCUT2D eigenvalue weighted by Gasteiger charge is 2.31. The molecule has 188 valence electrons. The number of piperidine rings is 1. The molecule has 1 aliphatic carbocycles. The van der Waals surface area contributed by atoms with E-state index in [9.17, 15) is 4.79 Å². The first-order chi connectivity index (χ1) is 16.0. The molecule has 1 heterocycles. The van der Waals surface area contributed by atoms with Gasteiger partial charge in [-0.25, -0.2) is 0 Å². The number of nitrogens with one attached hydrogen (secondary N) is 1. The number of carbonyl (C=O) groups excluding carboxylic acids is 1. The van der Waals surface area contributed by atoms with Gasteiger partial charge in [-0.15, -0.1) is 0 Å². The molecule has 2 unspecified atom stereocenters. The van der Waals surface area contributed by atoms with E-state index >= 15 is 0 Å². The first kappa shape index (κ1) is 29.4. The van der Waals surface area contributed by atoms with Gasteiger partial charge in [0.1, 0.15) is 0 Å². The average Bonchev–Trinajstić information content (AvgIpc) is 3.67. The largest absolute Gasteiger partial charge is 0.352 e. The van der Waals surface area contributed by atoms with Crippen LogP contribution < -0.4 is 5.32 Å². The fourth-order valence-corrected chi connectivity index (χ4v) is 4.78. The van der Waals surface area contributed by atoms with E-state index in [0.29, 0.717) is 12.0 Å². The maximum absolute atomic E-state index is 12.7. The average molecular weight is 457 g/mol. The van der Waals surface area contributed by atoms with Crippen molar-refractivity contribution in [2.24, 2.45) is 5.92 Å². The minimum Gasteiger partial charge on any atom is -0.352 e. The van der Waals surface area contributed by atoms with E-state index in [4.69, 9.17) is 0 Å². The number of carbonyl (C=O) groups is 1. The molecule has 33 heavy (non-hydrogen) atoms. The molecule has 0 spiro atoms. The molecular weight excluding hydrogens is 404 g/mol. The number of nitrogens with zero attached hydrogens (tertiary/aromatic N) is 1. The van der Waals surface area contributed by atoms with Crippen LogP contribution in [0, 0.1) is 12.8 Å². The number of likely N-dealkylation sites (tertiary alicyclic amines) is 1. The molecular formula is C30H52N2O. The van der Waals surface area contributed by atoms with Crippen molar-refractivity contribution in [3.63, 3.8) is 0 Å². The molecule has 1 aromatic rings. The Morgan fingerprint density at radius 1 is 1.12 bits per heavy atom. The fraction of sp³-hybridized carbons (Fsp3) is 0.700. The highest BCUT2D eigenvalue weighted by molar-refractivity contribution is 5.94. The minimum atomic E-state index is 0.0671. The third kappa shape index (κ3) is 9.65. The predicted octanol–water partition coefficient (Wildman–Crippen LogP) is 7.89. The Hall–Kier alpha value is -1.61. The zero-order chi connectivity index (χ0) is 24.8. The van der Waals surface area contributed by atoms with Crippen LogP contribution in [0.4, 0.5) is 0 Å². The predicted molar refractivity (Wildman–Crippen MR) is 145 cm³/mol. The van der Waals surface area contributed by atoms with Gasteiger partial charge in [0.25, 0.3) is 5.91 Å².